The van der Waals surface area contributed by atoms with E-state index in [0.717, 1.165) is 24.3 Å². The van der Waals surface area contributed by atoms with Gasteiger partial charge in [-0.05, 0) is 83.9 Å². The van der Waals surface area contributed by atoms with Gasteiger partial charge in [-0.25, -0.2) is 0 Å². The average molecular weight is 433 g/mol. The van der Waals surface area contributed by atoms with Crippen molar-refractivity contribution in [2.45, 2.75) is 72.6 Å². The maximum Gasteiger partial charge on any atom is 0.163 e. The van der Waals surface area contributed by atoms with Gasteiger partial charge in [-0.1, -0.05) is 81.8 Å². The molecule has 1 nitrogen and oxygen atoms in total. The SMILES string of the molecule is C=CS/C(=C\C)c1ccc(C)c(-c2c(CCCC(CC)CC)ccc3c2CCC3=O)c1. The monoisotopic (exact) mass is 432 g/mol. The molecule has 2 aromatic rings. The van der Waals surface area contributed by atoms with E-state index in [2.05, 4.69) is 70.7 Å². The first-order valence-corrected chi connectivity index (χ1v) is 12.6. The molecule has 0 saturated heterocycles. The molecule has 0 radical (unpaired) electrons. The van der Waals surface area contributed by atoms with Crippen molar-refractivity contribution in [3.63, 3.8) is 0 Å². The summed E-state index contributed by atoms with van der Waals surface area (Å²) in [5, 5.41) is 1.89. The van der Waals surface area contributed by atoms with E-state index in [0.29, 0.717) is 12.2 Å². The quantitative estimate of drug-likeness (QED) is 0.373. The van der Waals surface area contributed by atoms with Gasteiger partial charge in [0.2, 0.25) is 0 Å². The van der Waals surface area contributed by atoms with Crippen LogP contribution in [-0.4, -0.2) is 5.78 Å². The highest BCUT2D eigenvalue weighted by atomic mass is 32.2. The van der Waals surface area contributed by atoms with Gasteiger partial charge in [0.05, 0.1) is 0 Å². The zero-order chi connectivity index (χ0) is 22.4. The molecule has 2 heteroatoms. The third-order valence-electron chi connectivity index (χ3n) is 6.78. The van der Waals surface area contributed by atoms with E-state index in [-0.39, 0.29) is 0 Å². The van der Waals surface area contributed by atoms with Gasteiger partial charge in [-0.3, -0.25) is 4.79 Å². The first-order chi connectivity index (χ1) is 15.0. The Bertz CT molecular complexity index is 978. The average Bonchev–Trinajstić information content (AvgIpc) is 3.16. The number of ketones is 1. The molecule has 0 N–H and O–H groups in total. The molecule has 0 heterocycles. The van der Waals surface area contributed by atoms with E-state index in [4.69, 9.17) is 0 Å². The first-order valence-electron chi connectivity index (χ1n) is 11.8. The van der Waals surface area contributed by atoms with Gasteiger partial charge >= 0.3 is 0 Å². The highest BCUT2D eigenvalue weighted by molar-refractivity contribution is 8.10. The Balaban J connectivity index is 2.07. The number of aryl methyl sites for hydroxylation is 2. The van der Waals surface area contributed by atoms with Crippen LogP contribution < -0.4 is 0 Å². The van der Waals surface area contributed by atoms with Gasteiger partial charge in [-0.2, -0.15) is 0 Å². The molecule has 0 fully saturated rings. The zero-order valence-electron chi connectivity index (χ0n) is 19.6. The van der Waals surface area contributed by atoms with E-state index in [9.17, 15) is 4.79 Å². The number of carbonyl (C=O) groups excluding carboxylic acids is 1. The minimum absolute atomic E-state index is 0.296. The van der Waals surface area contributed by atoms with Crippen molar-refractivity contribution in [2.24, 2.45) is 5.92 Å². The third kappa shape index (κ3) is 5.23. The molecule has 31 heavy (non-hydrogen) atoms. The molecule has 2 aromatic carbocycles. The van der Waals surface area contributed by atoms with Crippen molar-refractivity contribution < 1.29 is 4.79 Å². The largest absolute Gasteiger partial charge is 0.294 e. The third-order valence-corrected chi connectivity index (χ3v) is 7.67. The van der Waals surface area contributed by atoms with E-state index in [1.54, 1.807) is 11.8 Å². The van der Waals surface area contributed by atoms with E-state index < -0.39 is 0 Å². The zero-order valence-corrected chi connectivity index (χ0v) is 20.4. The van der Waals surface area contributed by atoms with Gasteiger partial charge in [0.15, 0.2) is 5.78 Å². The van der Waals surface area contributed by atoms with Crippen LogP contribution in [0.2, 0.25) is 0 Å². The maximum atomic E-state index is 12.5. The predicted octanol–water partition coefficient (Wildman–Crippen LogP) is 8.79. The Hall–Kier alpha value is -2.06. The van der Waals surface area contributed by atoms with Crippen LogP contribution in [0.25, 0.3) is 16.0 Å². The summed E-state index contributed by atoms with van der Waals surface area (Å²) in [4.78, 5) is 13.7. The van der Waals surface area contributed by atoms with Gasteiger partial charge < -0.3 is 0 Å². The number of Topliss-reactive ketones (excluding diaryl/α,β-unsaturated/α-hetero) is 1. The second-order valence-electron chi connectivity index (χ2n) is 8.59. The molecule has 3 rings (SSSR count). The minimum Gasteiger partial charge on any atom is -0.294 e. The van der Waals surface area contributed by atoms with Crippen molar-refractivity contribution >= 4 is 22.5 Å². The van der Waals surface area contributed by atoms with Gasteiger partial charge in [0.1, 0.15) is 0 Å². The fourth-order valence-corrected chi connectivity index (χ4v) is 5.43. The van der Waals surface area contributed by atoms with E-state index >= 15 is 0 Å². The molecule has 0 aromatic heterocycles. The molecule has 1 aliphatic carbocycles. The summed E-state index contributed by atoms with van der Waals surface area (Å²) in [6.07, 6.45) is 9.74. The van der Waals surface area contributed by atoms with Crippen molar-refractivity contribution in [3.8, 4) is 11.1 Å². The van der Waals surface area contributed by atoms with Crippen molar-refractivity contribution in [2.75, 3.05) is 0 Å². The summed E-state index contributed by atoms with van der Waals surface area (Å²) in [5.41, 5.74) is 8.71. The summed E-state index contributed by atoms with van der Waals surface area (Å²) in [6, 6.07) is 11.1. The Morgan fingerprint density at radius 3 is 2.58 bits per heavy atom. The van der Waals surface area contributed by atoms with E-state index in [1.165, 1.54) is 64.0 Å². The molecule has 0 bridgehead atoms. The minimum atomic E-state index is 0.296. The number of hydrogen-bond donors (Lipinski definition) is 0. The molecule has 1 aliphatic rings. The first kappa shape index (κ1) is 23.6. The predicted molar refractivity (Wildman–Crippen MR) is 138 cm³/mol. The fourth-order valence-electron chi connectivity index (χ4n) is 4.85. The standard InChI is InChI=1S/C29H36OS/c1-6-21(7-2)11-10-12-22-15-16-24-25(17-18-27(24)30)29(22)26-19-23(14-13-20(26)5)28(8-3)31-9-4/h8-9,13-16,19,21H,4,6-7,10-12,17-18H2,1-3,5H3/b28-8-. The summed E-state index contributed by atoms with van der Waals surface area (Å²) in [6.45, 7) is 12.8. The molecule has 0 amide bonds. The van der Waals surface area contributed by atoms with Gasteiger partial charge in [0.25, 0.3) is 0 Å². The molecular weight excluding hydrogens is 396 g/mol. The number of allylic oxidation sites excluding steroid dienone is 1. The van der Waals surface area contributed by atoms with Crippen LogP contribution in [0.15, 0.2) is 48.4 Å². The van der Waals surface area contributed by atoms with Gasteiger partial charge in [-0.15, -0.1) is 0 Å². The number of hydrogen-bond acceptors (Lipinski definition) is 2. The maximum absolute atomic E-state index is 12.5. The summed E-state index contributed by atoms with van der Waals surface area (Å²) >= 11 is 1.66. The molecule has 164 valence electrons. The van der Waals surface area contributed by atoms with Gasteiger partial charge in [0, 0.05) is 16.9 Å². The van der Waals surface area contributed by atoms with Crippen LogP contribution in [0.5, 0.6) is 0 Å². The van der Waals surface area contributed by atoms with E-state index in [1.807, 2.05) is 5.41 Å². The lowest BCUT2D eigenvalue weighted by molar-refractivity contribution is 0.0994. The topological polar surface area (TPSA) is 17.1 Å². The fraction of sp³-hybridized carbons (Fsp3) is 0.414. The lowest BCUT2D eigenvalue weighted by Gasteiger charge is -2.19. The lowest BCUT2D eigenvalue weighted by Crippen LogP contribution is -2.02. The number of benzene rings is 2. The summed E-state index contributed by atoms with van der Waals surface area (Å²) in [7, 11) is 0. The second-order valence-corrected chi connectivity index (χ2v) is 9.60. The Labute approximate surface area is 193 Å². The normalized spacial score (nSPS) is 13.7. The van der Waals surface area contributed by atoms with Crippen molar-refractivity contribution in [3.05, 3.63) is 76.2 Å². The Kier molecular flexibility index (Phi) is 8.37. The number of rotatable bonds is 10. The molecule has 0 aliphatic heterocycles. The summed E-state index contributed by atoms with van der Waals surface area (Å²) in [5.74, 6) is 1.11. The smallest absolute Gasteiger partial charge is 0.163 e. The molecule has 0 atom stereocenters. The number of carbonyl (C=O) groups is 1. The summed E-state index contributed by atoms with van der Waals surface area (Å²) < 4.78 is 0. The number of fused-ring (bicyclic) bond motifs is 1. The highest BCUT2D eigenvalue weighted by Gasteiger charge is 2.25. The van der Waals surface area contributed by atoms with Crippen molar-refractivity contribution in [1.82, 2.24) is 0 Å². The molecular formula is C29H36OS. The van der Waals surface area contributed by atoms with Crippen LogP contribution in [0.4, 0.5) is 0 Å². The molecule has 0 unspecified atom stereocenters. The van der Waals surface area contributed by atoms with Crippen LogP contribution in [0.3, 0.4) is 0 Å². The molecule has 0 spiro atoms. The van der Waals surface area contributed by atoms with Crippen LogP contribution in [0, 0.1) is 12.8 Å². The van der Waals surface area contributed by atoms with Crippen LogP contribution in [0.1, 0.15) is 85.5 Å². The Morgan fingerprint density at radius 2 is 1.90 bits per heavy atom. The van der Waals surface area contributed by atoms with Crippen molar-refractivity contribution in [1.29, 1.82) is 0 Å². The molecule has 0 saturated carbocycles. The highest BCUT2D eigenvalue weighted by Crippen LogP contribution is 2.40. The lowest BCUT2D eigenvalue weighted by atomic mass is 9.86. The Morgan fingerprint density at radius 1 is 1.13 bits per heavy atom. The van der Waals surface area contributed by atoms with Crippen LogP contribution >= 0.6 is 11.8 Å². The number of thioether (sulfide) groups is 1. The van der Waals surface area contributed by atoms with Crippen LogP contribution in [-0.2, 0) is 12.8 Å². The second kappa shape index (κ2) is 11.0.